The minimum Gasteiger partial charge on any atom is -0.480 e. The molecule has 1 aliphatic rings. The molecular formula is C22H15F2NO3. The van der Waals surface area contributed by atoms with Crippen LogP contribution in [0.2, 0.25) is 0 Å². The van der Waals surface area contributed by atoms with Gasteiger partial charge in [0.15, 0.2) is 11.6 Å². The molecule has 0 saturated carbocycles. The smallest absolute Gasteiger partial charge is 0.327 e. The maximum absolute atomic E-state index is 14.0. The Morgan fingerprint density at radius 1 is 0.857 bits per heavy atom. The summed E-state index contributed by atoms with van der Waals surface area (Å²) < 4.78 is 27.4. The van der Waals surface area contributed by atoms with Gasteiger partial charge in [0.2, 0.25) is 0 Å². The third kappa shape index (κ3) is 2.83. The highest BCUT2D eigenvalue weighted by Crippen LogP contribution is 2.46. The van der Waals surface area contributed by atoms with Gasteiger partial charge in [0, 0.05) is 5.92 Å². The van der Waals surface area contributed by atoms with Gasteiger partial charge in [0.05, 0.1) is 5.56 Å². The lowest BCUT2D eigenvalue weighted by molar-refractivity contribution is -0.139. The SMILES string of the molecule is O=C(N[C@H](C(=O)O)C1c2ccccc2-c2ccccc21)c1cccc(F)c1F. The number of benzene rings is 3. The van der Waals surface area contributed by atoms with Gasteiger partial charge in [-0.1, -0.05) is 54.6 Å². The molecule has 0 radical (unpaired) electrons. The van der Waals surface area contributed by atoms with Crippen LogP contribution in [0.1, 0.15) is 27.4 Å². The lowest BCUT2D eigenvalue weighted by Crippen LogP contribution is -2.45. The number of fused-ring (bicyclic) bond motifs is 3. The first kappa shape index (κ1) is 17.9. The van der Waals surface area contributed by atoms with Crippen molar-refractivity contribution in [3.63, 3.8) is 0 Å². The lowest BCUT2D eigenvalue weighted by atomic mass is 9.89. The molecule has 0 spiro atoms. The van der Waals surface area contributed by atoms with Gasteiger partial charge in [-0.2, -0.15) is 0 Å². The Hall–Kier alpha value is -3.54. The molecule has 0 aliphatic heterocycles. The molecule has 3 aromatic rings. The third-order valence-corrected chi connectivity index (χ3v) is 4.96. The van der Waals surface area contributed by atoms with Gasteiger partial charge >= 0.3 is 5.97 Å². The van der Waals surface area contributed by atoms with E-state index in [1.165, 1.54) is 6.07 Å². The van der Waals surface area contributed by atoms with Crippen molar-refractivity contribution in [2.75, 3.05) is 0 Å². The van der Waals surface area contributed by atoms with E-state index in [1.807, 2.05) is 36.4 Å². The molecule has 0 bridgehead atoms. The molecule has 0 unspecified atom stereocenters. The van der Waals surface area contributed by atoms with Crippen molar-refractivity contribution >= 4 is 11.9 Å². The van der Waals surface area contributed by atoms with E-state index in [9.17, 15) is 23.5 Å². The van der Waals surface area contributed by atoms with Crippen LogP contribution in [-0.4, -0.2) is 23.0 Å². The van der Waals surface area contributed by atoms with Crippen molar-refractivity contribution in [2.45, 2.75) is 12.0 Å². The Labute approximate surface area is 159 Å². The average molecular weight is 379 g/mol. The molecule has 0 heterocycles. The van der Waals surface area contributed by atoms with Crippen LogP contribution in [-0.2, 0) is 4.79 Å². The van der Waals surface area contributed by atoms with E-state index in [4.69, 9.17) is 0 Å². The van der Waals surface area contributed by atoms with Crippen LogP contribution in [0.25, 0.3) is 11.1 Å². The highest BCUT2D eigenvalue weighted by molar-refractivity contribution is 5.97. The van der Waals surface area contributed by atoms with E-state index in [0.717, 1.165) is 34.4 Å². The van der Waals surface area contributed by atoms with E-state index in [1.54, 1.807) is 12.1 Å². The topological polar surface area (TPSA) is 66.4 Å². The van der Waals surface area contributed by atoms with E-state index in [2.05, 4.69) is 5.32 Å². The molecule has 28 heavy (non-hydrogen) atoms. The summed E-state index contributed by atoms with van der Waals surface area (Å²) in [5.74, 6) is -5.37. The number of carboxylic acid groups (broad SMARTS) is 1. The van der Waals surface area contributed by atoms with Crippen LogP contribution >= 0.6 is 0 Å². The minimum atomic E-state index is -1.35. The molecule has 3 aromatic carbocycles. The summed E-state index contributed by atoms with van der Waals surface area (Å²) in [4.78, 5) is 24.6. The van der Waals surface area contributed by atoms with Crippen LogP contribution < -0.4 is 5.32 Å². The number of rotatable bonds is 4. The fourth-order valence-corrected chi connectivity index (χ4v) is 3.74. The van der Waals surface area contributed by atoms with Crippen LogP contribution in [0.15, 0.2) is 66.7 Å². The largest absolute Gasteiger partial charge is 0.480 e. The van der Waals surface area contributed by atoms with Crippen molar-refractivity contribution in [3.8, 4) is 11.1 Å². The van der Waals surface area contributed by atoms with Gasteiger partial charge in [-0.3, -0.25) is 4.79 Å². The highest BCUT2D eigenvalue weighted by atomic mass is 19.2. The number of amides is 1. The van der Waals surface area contributed by atoms with E-state index in [-0.39, 0.29) is 0 Å². The van der Waals surface area contributed by atoms with E-state index < -0.39 is 41.0 Å². The molecular weight excluding hydrogens is 364 g/mol. The van der Waals surface area contributed by atoms with Crippen molar-refractivity contribution in [2.24, 2.45) is 0 Å². The molecule has 2 N–H and O–H groups in total. The fourth-order valence-electron chi connectivity index (χ4n) is 3.74. The number of aliphatic carboxylic acids is 1. The second-order valence-corrected chi connectivity index (χ2v) is 6.54. The molecule has 0 fully saturated rings. The van der Waals surface area contributed by atoms with Gasteiger partial charge in [0.1, 0.15) is 6.04 Å². The van der Waals surface area contributed by atoms with Gasteiger partial charge < -0.3 is 10.4 Å². The zero-order valence-electron chi connectivity index (χ0n) is 14.5. The monoisotopic (exact) mass is 379 g/mol. The molecule has 6 heteroatoms. The predicted octanol–water partition coefficient (Wildman–Crippen LogP) is 3.96. The first-order valence-electron chi connectivity index (χ1n) is 8.65. The maximum Gasteiger partial charge on any atom is 0.327 e. The first-order chi connectivity index (χ1) is 13.5. The summed E-state index contributed by atoms with van der Waals surface area (Å²) in [6, 6.07) is 16.6. The van der Waals surface area contributed by atoms with Gasteiger partial charge in [-0.15, -0.1) is 0 Å². The van der Waals surface area contributed by atoms with Crippen molar-refractivity contribution in [1.29, 1.82) is 0 Å². The summed E-state index contributed by atoms with van der Waals surface area (Å²) in [5, 5.41) is 12.2. The van der Waals surface area contributed by atoms with Gasteiger partial charge in [-0.25, -0.2) is 13.6 Å². The minimum absolute atomic E-state index is 0.536. The van der Waals surface area contributed by atoms with Crippen molar-refractivity contribution in [1.82, 2.24) is 5.32 Å². The summed E-state index contributed by atoms with van der Waals surface area (Å²) in [7, 11) is 0. The maximum atomic E-state index is 14.0. The van der Waals surface area contributed by atoms with Crippen LogP contribution in [0.4, 0.5) is 8.78 Å². The number of carboxylic acids is 1. The first-order valence-corrected chi connectivity index (χ1v) is 8.65. The van der Waals surface area contributed by atoms with Crippen LogP contribution in [0.3, 0.4) is 0 Å². The quantitative estimate of drug-likeness (QED) is 0.721. The molecule has 1 atom stereocenters. The third-order valence-electron chi connectivity index (χ3n) is 4.96. The zero-order valence-corrected chi connectivity index (χ0v) is 14.5. The molecule has 1 aliphatic carbocycles. The lowest BCUT2D eigenvalue weighted by Gasteiger charge is -2.23. The van der Waals surface area contributed by atoms with Gasteiger partial charge in [-0.05, 0) is 34.4 Å². The van der Waals surface area contributed by atoms with Crippen LogP contribution in [0, 0.1) is 11.6 Å². The molecule has 1 amide bonds. The van der Waals surface area contributed by atoms with Crippen LogP contribution in [0.5, 0.6) is 0 Å². The summed E-state index contributed by atoms with van der Waals surface area (Å²) in [6.07, 6.45) is 0. The molecule has 0 saturated heterocycles. The summed E-state index contributed by atoms with van der Waals surface area (Å²) in [5.41, 5.74) is 2.76. The number of hydrogen-bond acceptors (Lipinski definition) is 2. The Morgan fingerprint density at radius 3 is 2.00 bits per heavy atom. The van der Waals surface area contributed by atoms with Crippen molar-refractivity contribution < 1.29 is 23.5 Å². The zero-order chi connectivity index (χ0) is 19.8. The number of hydrogen-bond donors (Lipinski definition) is 2. The number of carbonyl (C=O) groups is 2. The van der Waals surface area contributed by atoms with E-state index in [0.29, 0.717) is 0 Å². The molecule has 140 valence electrons. The molecule has 0 aromatic heterocycles. The fraction of sp³-hybridized carbons (Fsp3) is 0.0909. The average Bonchev–Trinajstić information content (AvgIpc) is 3.02. The second-order valence-electron chi connectivity index (χ2n) is 6.54. The molecule has 4 rings (SSSR count). The Kier molecular flexibility index (Phi) is 4.39. The number of carbonyl (C=O) groups excluding carboxylic acids is 1. The predicted molar refractivity (Wildman–Crippen MR) is 99.0 cm³/mol. The molecule has 4 nitrogen and oxygen atoms in total. The normalized spacial score (nSPS) is 13.5. The standard InChI is InChI=1S/C22H15F2NO3/c23-17-11-5-10-16(19(17)24)21(26)25-20(22(27)28)18-14-8-3-1-6-12(14)13-7-2-4-9-15(13)18/h1-11,18,20H,(H,25,26)(H,27,28)/t20-/m0/s1. The Balaban J connectivity index is 1.76. The van der Waals surface area contributed by atoms with E-state index >= 15 is 0 Å². The number of nitrogens with one attached hydrogen (secondary N) is 1. The Bertz CT molecular complexity index is 1050. The Morgan fingerprint density at radius 2 is 1.43 bits per heavy atom. The summed E-state index contributed by atoms with van der Waals surface area (Å²) >= 11 is 0. The highest BCUT2D eigenvalue weighted by Gasteiger charge is 2.39. The van der Waals surface area contributed by atoms with Crippen molar-refractivity contribution in [3.05, 3.63) is 95.1 Å². The second kappa shape index (κ2) is 6.88. The van der Waals surface area contributed by atoms with Gasteiger partial charge in [0.25, 0.3) is 5.91 Å². The number of halogens is 2. The summed E-state index contributed by atoms with van der Waals surface area (Å²) in [6.45, 7) is 0.